The van der Waals surface area contributed by atoms with Gasteiger partial charge in [-0.3, -0.25) is 0 Å². The van der Waals surface area contributed by atoms with Crippen molar-refractivity contribution in [1.29, 1.82) is 0 Å². The number of phenolic OH excluding ortho intramolecular Hbond substituents is 2. The van der Waals surface area contributed by atoms with E-state index < -0.39 is 0 Å². The Balaban J connectivity index is 2.81. The van der Waals surface area contributed by atoms with Crippen molar-refractivity contribution in [3.05, 3.63) is 23.8 Å². The summed E-state index contributed by atoms with van der Waals surface area (Å²) in [5.41, 5.74) is 0.506. The third-order valence-electron chi connectivity index (χ3n) is 2.45. The number of aromatic hydroxyl groups is 2. The number of hydrogen-bond donors (Lipinski definition) is 3. The molecule has 3 nitrogen and oxygen atoms in total. The van der Waals surface area contributed by atoms with E-state index in [0.29, 0.717) is 12.0 Å². The highest BCUT2D eigenvalue weighted by atomic mass is 16.3. The van der Waals surface area contributed by atoms with Gasteiger partial charge >= 0.3 is 0 Å². The molecular weight excluding hydrogens is 202 g/mol. The molecule has 0 aliphatic heterocycles. The number of nitrogens with one attached hydrogen (secondary N) is 1. The van der Waals surface area contributed by atoms with Crippen LogP contribution in [0.25, 0.3) is 0 Å². The summed E-state index contributed by atoms with van der Waals surface area (Å²) in [4.78, 5) is 0. The number of benzene rings is 1. The summed E-state index contributed by atoms with van der Waals surface area (Å²) in [5.74, 6) is 2.75. The van der Waals surface area contributed by atoms with E-state index >= 15 is 0 Å². The van der Waals surface area contributed by atoms with E-state index in [-0.39, 0.29) is 23.6 Å². The zero-order chi connectivity index (χ0) is 12.1. The second-order valence-electron chi connectivity index (χ2n) is 3.91. The summed E-state index contributed by atoms with van der Waals surface area (Å²) >= 11 is 0. The van der Waals surface area contributed by atoms with Gasteiger partial charge in [-0.05, 0) is 26.0 Å². The van der Waals surface area contributed by atoms with E-state index in [1.54, 1.807) is 18.2 Å². The van der Waals surface area contributed by atoms with Crippen molar-refractivity contribution in [3.8, 4) is 23.8 Å². The van der Waals surface area contributed by atoms with E-state index in [0.717, 1.165) is 0 Å². The minimum Gasteiger partial charge on any atom is -0.507 e. The lowest BCUT2D eigenvalue weighted by Crippen LogP contribution is -2.28. The first kappa shape index (κ1) is 12.4. The zero-order valence-corrected chi connectivity index (χ0v) is 9.57. The molecule has 1 rings (SSSR count). The number of phenols is 2. The van der Waals surface area contributed by atoms with E-state index in [2.05, 4.69) is 11.2 Å². The van der Waals surface area contributed by atoms with E-state index in [1.165, 1.54) is 0 Å². The first-order valence-electron chi connectivity index (χ1n) is 5.26. The molecule has 1 aromatic rings. The summed E-state index contributed by atoms with van der Waals surface area (Å²) < 4.78 is 0. The van der Waals surface area contributed by atoms with Gasteiger partial charge in [0.15, 0.2) is 0 Å². The van der Waals surface area contributed by atoms with Crippen LogP contribution in [0.4, 0.5) is 0 Å². The molecule has 0 saturated heterocycles. The Morgan fingerprint density at radius 2 is 1.88 bits per heavy atom. The van der Waals surface area contributed by atoms with Crippen LogP contribution in [0.3, 0.4) is 0 Å². The quantitative estimate of drug-likeness (QED) is 0.680. The van der Waals surface area contributed by atoms with Crippen LogP contribution in [0, 0.1) is 12.3 Å². The first-order valence-corrected chi connectivity index (χ1v) is 5.26. The zero-order valence-electron chi connectivity index (χ0n) is 9.57. The molecule has 3 heteroatoms. The predicted octanol–water partition coefficient (Wildman–Crippen LogP) is 2.16. The largest absolute Gasteiger partial charge is 0.507 e. The van der Waals surface area contributed by atoms with Crippen LogP contribution in [-0.2, 0) is 0 Å². The summed E-state index contributed by atoms with van der Waals surface area (Å²) in [5, 5.41) is 22.5. The molecule has 2 unspecified atom stereocenters. The molecule has 2 atom stereocenters. The van der Waals surface area contributed by atoms with Crippen LogP contribution in [0.1, 0.15) is 31.9 Å². The highest BCUT2D eigenvalue weighted by molar-refractivity contribution is 5.44. The van der Waals surface area contributed by atoms with Gasteiger partial charge in [0.05, 0.1) is 5.56 Å². The maximum Gasteiger partial charge on any atom is 0.124 e. The maximum atomic E-state index is 9.66. The van der Waals surface area contributed by atoms with Crippen LogP contribution in [0.15, 0.2) is 18.2 Å². The standard InChI is InChI=1S/C13H17NO2/c1-4-6-9(2)14-10(3)13-11(15)7-5-8-12(13)16/h1,5,7-10,14-16H,6H2,2-3H3. The Bertz CT molecular complexity index is 375. The van der Waals surface area contributed by atoms with Crippen LogP contribution in [-0.4, -0.2) is 16.3 Å². The number of hydrogen-bond acceptors (Lipinski definition) is 3. The Kier molecular flexibility index (Phi) is 4.21. The average molecular weight is 219 g/mol. The molecule has 3 N–H and O–H groups in total. The van der Waals surface area contributed by atoms with Crippen LogP contribution < -0.4 is 5.32 Å². The number of rotatable bonds is 4. The topological polar surface area (TPSA) is 52.5 Å². The normalized spacial score (nSPS) is 14.1. The lowest BCUT2D eigenvalue weighted by atomic mass is 10.0. The molecule has 16 heavy (non-hydrogen) atoms. The van der Waals surface area contributed by atoms with E-state index in [9.17, 15) is 10.2 Å². The van der Waals surface area contributed by atoms with Gasteiger partial charge in [0, 0.05) is 18.5 Å². The SMILES string of the molecule is C#CCC(C)NC(C)c1c(O)cccc1O. The van der Waals surface area contributed by atoms with Gasteiger partial charge in [-0.15, -0.1) is 12.3 Å². The van der Waals surface area contributed by atoms with Gasteiger partial charge in [0.25, 0.3) is 0 Å². The van der Waals surface area contributed by atoms with Crippen LogP contribution in [0.5, 0.6) is 11.5 Å². The molecule has 0 spiro atoms. The summed E-state index contributed by atoms with van der Waals surface area (Å²) in [6.07, 6.45) is 5.82. The Labute approximate surface area is 96.1 Å². The molecule has 0 radical (unpaired) electrons. The fraction of sp³-hybridized carbons (Fsp3) is 0.385. The van der Waals surface area contributed by atoms with Gasteiger partial charge in [0.2, 0.25) is 0 Å². The van der Waals surface area contributed by atoms with Gasteiger partial charge in [-0.1, -0.05) is 6.07 Å². The van der Waals surface area contributed by atoms with Gasteiger partial charge in [-0.25, -0.2) is 0 Å². The first-order chi connectivity index (χ1) is 7.56. The smallest absolute Gasteiger partial charge is 0.124 e. The van der Waals surface area contributed by atoms with Crippen molar-refractivity contribution >= 4 is 0 Å². The third kappa shape index (κ3) is 2.91. The van der Waals surface area contributed by atoms with Crippen molar-refractivity contribution in [2.24, 2.45) is 0 Å². The van der Waals surface area contributed by atoms with Crippen molar-refractivity contribution in [2.75, 3.05) is 0 Å². The maximum absolute atomic E-state index is 9.66. The lowest BCUT2D eigenvalue weighted by molar-refractivity contribution is 0.406. The minimum atomic E-state index is -0.149. The molecule has 0 aliphatic rings. The summed E-state index contributed by atoms with van der Waals surface area (Å²) in [6, 6.07) is 4.70. The molecule has 0 amide bonds. The van der Waals surface area contributed by atoms with E-state index in [1.807, 2.05) is 13.8 Å². The van der Waals surface area contributed by atoms with Crippen LogP contribution >= 0.6 is 0 Å². The molecular formula is C13H17NO2. The average Bonchev–Trinajstić information content (AvgIpc) is 2.17. The summed E-state index contributed by atoms with van der Waals surface area (Å²) in [7, 11) is 0. The van der Waals surface area contributed by atoms with Crippen LogP contribution in [0.2, 0.25) is 0 Å². The molecule has 1 aromatic carbocycles. The Morgan fingerprint density at radius 1 is 1.31 bits per heavy atom. The Hall–Kier alpha value is -1.66. The molecule has 0 saturated carbocycles. The Morgan fingerprint density at radius 3 is 2.38 bits per heavy atom. The van der Waals surface area contributed by atoms with Crippen molar-refractivity contribution in [2.45, 2.75) is 32.4 Å². The highest BCUT2D eigenvalue weighted by Crippen LogP contribution is 2.32. The second kappa shape index (κ2) is 5.43. The lowest BCUT2D eigenvalue weighted by Gasteiger charge is -2.20. The van der Waals surface area contributed by atoms with Crippen molar-refractivity contribution in [3.63, 3.8) is 0 Å². The van der Waals surface area contributed by atoms with Gasteiger partial charge in [0.1, 0.15) is 11.5 Å². The molecule has 86 valence electrons. The third-order valence-corrected chi connectivity index (χ3v) is 2.45. The molecule has 0 fully saturated rings. The fourth-order valence-corrected chi connectivity index (χ4v) is 1.73. The molecule has 0 heterocycles. The predicted molar refractivity (Wildman–Crippen MR) is 64.2 cm³/mol. The molecule has 0 bridgehead atoms. The van der Waals surface area contributed by atoms with Gasteiger partial charge in [-0.2, -0.15) is 0 Å². The van der Waals surface area contributed by atoms with E-state index in [4.69, 9.17) is 6.42 Å². The molecule has 0 aromatic heterocycles. The van der Waals surface area contributed by atoms with Crippen molar-refractivity contribution in [1.82, 2.24) is 5.32 Å². The second-order valence-corrected chi connectivity index (χ2v) is 3.91. The fourth-order valence-electron chi connectivity index (χ4n) is 1.73. The monoisotopic (exact) mass is 219 g/mol. The minimum absolute atomic E-state index is 0.0907. The highest BCUT2D eigenvalue weighted by Gasteiger charge is 2.16. The van der Waals surface area contributed by atoms with Crippen molar-refractivity contribution < 1.29 is 10.2 Å². The summed E-state index contributed by atoms with van der Waals surface area (Å²) in [6.45, 7) is 3.84. The number of terminal acetylenes is 1. The van der Waals surface area contributed by atoms with Gasteiger partial charge < -0.3 is 15.5 Å². The molecule has 0 aliphatic carbocycles.